The van der Waals surface area contributed by atoms with Crippen LogP contribution in [0.4, 0.5) is 5.69 Å². The van der Waals surface area contributed by atoms with Gasteiger partial charge in [0.15, 0.2) is 0 Å². The number of nitrogens with zero attached hydrogens (tertiary/aromatic N) is 3. The average Bonchev–Trinajstić information content (AvgIpc) is 3.42. The van der Waals surface area contributed by atoms with Gasteiger partial charge < -0.3 is 29.7 Å². The van der Waals surface area contributed by atoms with Crippen molar-refractivity contribution in [3.8, 4) is 17.4 Å². The molecule has 42 heavy (non-hydrogen) atoms. The summed E-state index contributed by atoms with van der Waals surface area (Å²) in [7, 11) is 0. The molecule has 2 saturated heterocycles. The van der Waals surface area contributed by atoms with E-state index in [0.29, 0.717) is 59.0 Å². The third-order valence-corrected chi connectivity index (χ3v) is 8.77. The molecule has 3 fully saturated rings. The first kappa shape index (κ1) is 29.1. The number of halogens is 2. The number of hydrogen-bond acceptors (Lipinski definition) is 7. The van der Waals surface area contributed by atoms with E-state index in [9.17, 15) is 9.90 Å². The molecule has 3 aliphatic rings. The molecular formula is C32H36Cl2N4O4. The summed E-state index contributed by atoms with van der Waals surface area (Å²) in [5.74, 6) is 1.44. The highest BCUT2D eigenvalue weighted by Crippen LogP contribution is 2.36. The van der Waals surface area contributed by atoms with E-state index in [4.69, 9.17) is 32.7 Å². The van der Waals surface area contributed by atoms with Gasteiger partial charge in [-0.1, -0.05) is 35.3 Å². The van der Waals surface area contributed by atoms with Crippen LogP contribution < -0.4 is 19.7 Å². The van der Waals surface area contributed by atoms with Gasteiger partial charge in [0.05, 0.1) is 33.8 Å². The van der Waals surface area contributed by atoms with E-state index < -0.39 is 12.1 Å². The highest BCUT2D eigenvalue weighted by atomic mass is 35.5. The number of nitrogens with one attached hydrogen (secondary N) is 1. The number of anilines is 1. The molecule has 3 heterocycles. The second kappa shape index (κ2) is 13.1. The third-order valence-electron chi connectivity index (χ3n) is 8.16. The van der Waals surface area contributed by atoms with Gasteiger partial charge in [0.2, 0.25) is 11.8 Å². The summed E-state index contributed by atoms with van der Waals surface area (Å²) in [5.41, 5.74) is 1.48. The second-order valence-corrected chi connectivity index (χ2v) is 12.2. The summed E-state index contributed by atoms with van der Waals surface area (Å²) in [4.78, 5) is 22.2. The number of benzene rings is 2. The van der Waals surface area contributed by atoms with Gasteiger partial charge >= 0.3 is 0 Å². The Labute approximate surface area is 256 Å². The molecule has 3 atom stereocenters. The third kappa shape index (κ3) is 7.11. The van der Waals surface area contributed by atoms with E-state index in [1.807, 2.05) is 36.4 Å². The van der Waals surface area contributed by atoms with E-state index in [0.717, 1.165) is 44.5 Å². The van der Waals surface area contributed by atoms with Crippen LogP contribution in [0.25, 0.3) is 0 Å². The van der Waals surface area contributed by atoms with Crippen molar-refractivity contribution in [1.82, 2.24) is 15.2 Å². The van der Waals surface area contributed by atoms with Gasteiger partial charge in [-0.05, 0) is 81.1 Å². The molecule has 222 valence electrons. The SMILES string of the molecule is O=C(NC(CN1CCCC1)C(O)c1ccc(OC2CC2)c(Cl)c1)C1CCN(c2cc(Oc3ccccn3)ccc2Cl)C1. The number of aromatic nitrogens is 1. The molecule has 0 bridgehead atoms. The molecule has 1 saturated carbocycles. The summed E-state index contributed by atoms with van der Waals surface area (Å²) >= 11 is 13.1. The maximum Gasteiger partial charge on any atom is 0.225 e. The number of aliphatic hydroxyl groups is 1. The lowest BCUT2D eigenvalue weighted by Crippen LogP contribution is -2.48. The van der Waals surface area contributed by atoms with Gasteiger partial charge in [0.1, 0.15) is 17.6 Å². The number of likely N-dealkylation sites (tertiary alicyclic amines) is 1. The summed E-state index contributed by atoms with van der Waals surface area (Å²) in [6, 6.07) is 15.9. The predicted molar refractivity (Wildman–Crippen MR) is 164 cm³/mol. The van der Waals surface area contributed by atoms with Crippen molar-refractivity contribution in [1.29, 1.82) is 0 Å². The van der Waals surface area contributed by atoms with Crippen LogP contribution in [0.15, 0.2) is 60.8 Å². The maximum atomic E-state index is 13.6. The van der Waals surface area contributed by atoms with Crippen LogP contribution in [0.5, 0.6) is 17.4 Å². The van der Waals surface area contributed by atoms with Crippen molar-refractivity contribution < 1.29 is 19.4 Å². The van der Waals surface area contributed by atoms with Crippen molar-refractivity contribution in [2.75, 3.05) is 37.6 Å². The molecule has 1 aromatic heterocycles. The predicted octanol–water partition coefficient (Wildman–Crippen LogP) is 5.86. The Morgan fingerprint density at radius 2 is 1.86 bits per heavy atom. The minimum Gasteiger partial charge on any atom is -0.489 e. The summed E-state index contributed by atoms with van der Waals surface area (Å²) in [6.45, 7) is 3.69. The molecule has 2 aliphatic heterocycles. The van der Waals surface area contributed by atoms with Crippen molar-refractivity contribution in [3.63, 3.8) is 0 Å². The maximum absolute atomic E-state index is 13.6. The fourth-order valence-corrected chi connectivity index (χ4v) is 6.15. The Kier molecular flexibility index (Phi) is 9.05. The number of aliphatic hydroxyl groups excluding tert-OH is 1. The molecule has 3 aromatic rings. The minimum absolute atomic E-state index is 0.0717. The standard InChI is InChI=1S/C32H36Cl2N4O4/c33-25-10-9-24(42-30-5-1-2-13-35-30)18-28(25)38-16-12-22(19-38)32(40)36-27(20-37-14-3-4-15-37)31(39)21-6-11-29(26(34)17-21)41-23-7-8-23/h1-2,5-6,9-11,13,17-18,22-23,27,31,39H,3-4,7-8,12,14-16,19-20H2,(H,36,40). The Bertz CT molecular complexity index is 1380. The normalized spacial score (nSPS) is 20.4. The lowest BCUT2D eigenvalue weighted by Gasteiger charge is -2.30. The van der Waals surface area contributed by atoms with Crippen molar-refractivity contribution >= 4 is 34.8 Å². The van der Waals surface area contributed by atoms with Crippen LogP contribution >= 0.6 is 23.2 Å². The Morgan fingerprint density at radius 3 is 2.60 bits per heavy atom. The van der Waals surface area contributed by atoms with Crippen LogP contribution in [-0.2, 0) is 4.79 Å². The van der Waals surface area contributed by atoms with Crippen LogP contribution in [0.1, 0.15) is 43.8 Å². The fourth-order valence-electron chi connectivity index (χ4n) is 5.68. The number of hydrogen-bond donors (Lipinski definition) is 2. The van der Waals surface area contributed by atoms with Crippen LogP contribution in [0.2, 0.25) is 10.0 Å². The first-order chi connectivity index (χ1) is 20.4. The topological polar surface area (TPSA) is 87.2 Å². The number of carbonyl (C=O) groups is 1. The molecule has 10 heteroatoms. The number of amides is 1. The zero-order valence-electron chi connectivity index (χ0n) is 23.4. The monoisotopic (exact) mass is 610 g/mol. The van der Waals surface area contributed by atoms with E-state index in [2.05, 4.69) is 20.1 Å². The largest absolute Gasteiger partial charge is 0.489 e. The molecule has 2 aromatic carbocycles. The molecule has 1 aliphatic carbocycles. The first-order valence-electron chi connectivity index (χ1n) is 14.7. The molecule has 0 spiro atoms. The first-order valence-corrected chi connectivity index (χ1v) is 15.5. The van der Waals surface area contributed by atoms with Gasteiger partial charge in [0.25, 0.3) is 0 Å². The van der Waals surface area contributed by atoms with Crippen molar-refractivity contribution in [2.24, 2.45) is 5.92 Å². The second-order valence-electron chi connectivity index (χ2n) is 11.4. The van der Waals surface area contributed by atoms with Gasteiger partial charge in [-0.2, -0.15) is 0 Å². The van der Waals surface area contributed by atoms with Crippen molar-refractivity contribution in [3.05, 3.63) is 76.4 Å². The number of ether oxygens (including phenoxy) is 2. The summed E-state index contributed by atoms with van der Waals surface area (Å²) in [5, 5.41) is 15.7. The zero-order valence-corrected chi connectivity index (χ0v) is 24.9. The quantitative estimate of drug-likeness (QED) is 0.281. The van der Waals surface area contributed by atoms with Crippen LogP contribution in [0.3, 0.4) is 0 Å². The number of rotatable bonds is 11. The smallest absolute Gasteiger partial charge is 0.225 e. The van der Waals surface area contributed by atoms with Crippen molar-refractivity contribution in [2.45, 2.75) is 50.4 Å². The summed E-state index contributed by atoms with van der Waals surface area (Å²) < 4.78 is 11.8. The van der Waals surface area contributed by atoms with Gasteiger partial charge in [0, 0.05) is 38.0 Å². The Morgan fingerprint density at radius 1 is 1.02 bits per heavy atom. The van der Waals surface area contributed by atoms with Crippen LogP contribution in [-0.4, -0.2) is 65.8 Å². The molecule has 6 rings (SSSR count). The van der Waals surface area contributed by atoms with E-state index in [-0.39, 0.29) is 17.9 Å². The molecule has 1 amide bonds. The number of pyridine rings is 1. The minimum atomic E-state index is -0.908. The number of carbonyl (C=O) groups excluding carboxylic acids is 1. The highest BCUT2D eigenvalue weighted by Gasteiger charge is 2.34. The molecule has 2 N–H and O–H groups in total. The molecular weight excluding hydrogens is 575 g/mol. The zero-order chi connectivity index (χ0) is 29.1. The lowest BCUT2D eigenvalue weighted by molar-refractivity contribution is -0.126. The van der Waals surface area contributed by atoms with E-state index >= 15 is 0 Å². The Balaban J connectivity index is 1.13. The summed E-state index contributed by atoms with van der Waals surface area (Å²) in [6.07, 6.45) is 6.01. The lowest BCUT2D eigenvalue weighted by atomic mass is 10.00. The molecule has 8 nitrogen and oxygen atoms in total. The van der Waals surface area contributed by atoms with E-state index in [1.54, 1.807) is 24.4 Å². The molecule has 3 unspecified atom stereocenters. The average molecular weight is 612 g/mol. The van der Waals surface area contributed by atoms with Crippen LogP contribution in [0, 0.1) is 5.92 Å². The fraction of sp³-hybridized carbons (Fsp3) is 0.438. The van der Waals surface area contributed by atoms with E-state index in [1.165, 1.54) is 0 Å². The highest BCUT2D eigenvalue weighted by molar-refractivity contribution is 6.33. The Hall–Kier alpha value is -3.04. The van der Waals surface area contributed by atoms with Gasteiger partial charge in [-0.15, -0.1) is 0 Å². The van der Waals surface area contributed by atoms with Gasteiger partial charge in [-0.3, -0.25) is 4.79 Å². The molecule has 0 radical (unpaired) electrons. The van der Waals surface area contributed by atoms with Gasteiger partial charge in [-0.25, -0.2) is 4.98 Å².